The van der Waals surface area contributed by atoms with E-state index >= 15 is 0 Å². The van der Waals surface area contributed by atoms with E-state index in [1.807, 2.05) is 29.2 Å². The van der Waals surface area contributed by atoms with Gasteiger partial charge in [-0.05, 0) is 43.2 Å². The third-order valence-corrected chi connectivity index (χ3v) is 5.61. The van der Waals surface area contributed by atoms with Gasteiger partial charge in [-0.2, -0.15) is 0 Å². The van der Waals surface area contributed by atoms with Gasteiger partial charge in [0.1, 0.15) is 10.7 Å². The van der Waals surface area contributed by atoms with Gasteiger partial charge >= 0.3 is 5.88 Å². The zero-order valence-electron chi connectivity index (χ0n) is 17.0. The minimum atomic E-state index is -0.575. The number of anilines is 1. The fraction of sp³-hybridized carbons (Fsp3) is 0.429. The van der Waals surface area contributed by atoms with Gasteiger partial charge in [0.15, 0.2) is 23.5 Å². The van der Waals surface area contributed by atoms with E-state index in [0.29, 0.717) is 17.3 Å². The van der Waals surface area contributed by atoms with Crippen LogP contribution in [-0.2, 0) is 4.79 Å². The molecule has 0 bridgehead atoms. The Morgan fingerprint density at radius 2 is 1.87 bits per heavy atom. The van der Waals surface area contributed by atoms with Crippen LogP contribution < -0.4 is 9.75 Å². The first kappa shape index (κ1) is 19.9. The zero-order chi connectivity index (χ0) is 21.3. The van der Waals surface area contributed by atoms with E-state index in [1.54, 1.807) is 18.2 Å². The van der Waals surface area contributed by atoms with Crippen LogP contribution in [0.25, 0.3) is 0 Å². The van der Waals surface area contributed by atoms with Gasteiger partial charge in [-0.15, -0.1) is 5.10 Å². The Hall–Kier alpha value is -3.36. The molecule has 0 spiro atoms. The average molecular weight is 412 g/mol. The molecule has 1 fully saturated rings. The van der Waals surface area contributed by atoms with Crippen LogP contribution in [0.4, 0.5) is 11.6 Å². The quantitative estimate of drug-likeness (QED) is 0.516. The molecule has 1 saturated carbocycles. The van der Waals surface area contributed by atoms with Crippen molar-refractivity contribution in [2.75, 3.05) is 12.1 Å². The number of nitrogens with zero attached hydrogens (tertiary/aromatic N) is 4. The number of carbonyl (C=O) groups excluding carboxylic acids is 1. The molecule has 9 heteroatoms. The maximum absolute atomic E-state index is 12.5. The number of furan rings is 1. The topological polar surface area (TPSA) is 101 Å². The highest BCUT2D eigenvalue weighted by Crippen LogP contribution is 2.41. The molecule has 0 amide bonds. The summed E-state index contributed by atoms with van der Waals surface area (Å²) in [5.74, 6) is 0.940. The second-order valence-corrected chi connectivity index (χ2v) is 7.53. The largest absolute Gasteiger partial charge is 0.497 e. The number of carbonyl (C=O) groups is 1. The Bertz CT molecular complexity index is 962. The molecule has 9 nitrogen and oxygen atoms in total. The Balaban J connectivity index is 1.80. The molecule has 1 aliphatic carbocycles. The maximum Gasteiger partial charge on any atom is 0.433 e. The van der Waals surface area contributed by atoms with E-state index in [1.165, 1.54) is 13.0 Å². The predicted octanol–water partition coefficient (Wildman–Crippen LogP) is 4.25. The molecule has 0 radical (unpaired) electrons. The van der Waals surface area contributed by atoms with E-state index in [2.05, 4.69) is 5.10 Å². The van der Waals surface area contributed by atoms with E-state index < -0.39 is 11.1 Å². The number of hydrazone groups is 1. The number of hydrogen-bond acceptors (Lipinski definition) is 8. The van der Waals surface area contributed by atoms with Crippen molar-refractivity contribution < 1.29 is 18.9 Å². The number of nitro groups is 1. The molecular weight excluding hydrogens is 388 g/mol. The van der Waals surface area contributed by atoms with E-state index in [4.69, 9.17) is 9.15 Å². The average Bonchev–Trinajstić information content (AvgIpc) is 3.39. The van der Waals surface area contributed by atoms with Gasteiger partial charge in [0.2, 0.25) is 0 Å². The molecule has 1 aromatic heterocycles. The molecule has 2 aromatic rings. The van der Waals surface area contributed by atoms with Crippen molar-refractivity contribution in [3.05, 3.63) is 52.3 Å². The SMILES string of the molecule is COc1ccc(N2N=C(C(C)=O)N(C3CCCCC3)C2c2ccc([N+](=O)[O-])o2)cc1. The Labute approximate surface area is 174 Å². The summed E-state index contributed by atoms with van der Waals surface area (Å²) in [6.07, 6.45) is 4.59. The summed E-state index contributed by atoms with van der Waals surface area (Å²) in [4.78, 5) is 25.1. The predicted molar refractivity (Wildman–Crippen MR) is 110 cm³/mol. The first-order chi connectivity index (χ1) is 14.5. The van der Waals surface area contributed by atoms with Crippen molar-refractivity contribution >= 4 is 23.2 Å². The normalized spacial score (nSPS) is 19.7. The smallest absolute Gasteiger partial charge is 0.433 e. The Kier molecular flexibility index (Phi) is 5.43. The summed E-state index contributed by atoms with van der Waals surface area (Å²) in [7, 11) is 1.59. The lowest BCUT2D eigenvalue weighted by Gasteiger charge is -2.37. The molecule has 1 aromatic carbocycles. The summed E-state index contributed by atoms with van der Waals surface area (Å²) in [5, 5.41) is 17.5. The number of Topliss-reactive ketones (excluding diaryl/α,β-unsaturated/α-hetero) is 1. The van der Waals surface area contributed by atoms with E-state index in [0.717, 1.165) is 37.8 Å². The number of benzene rings is 1. The lowest BCUT2D eigenvalue weighted by molar-refractivity contribution is -0.402. The van der Waals surface area contributed by atoms with Crippen LogP contribution in [0.15, 0.2) is 45.9 Å². The summed E-state index contributed by atoms with van der Waals surface area (Å²) in [6, 6.07) is 10.3. The molecule has 1 unspecified atom stereocenters. The van der Waals surface area contributed by atoms with Gasteiger partial charge in [-0.3, -0.25) is 14.9 Å². The van der Waals surface area contributed by atoms with Crippen molar-refractivity contribution in [2.24, 2.45) is 5.10 Å². The van der Waals surface area contributed by atoms with Crippen LogP contribution in [-0.4, -0.2) is 34.6 Å². The van der Waals surface area contributed by atoms with E-state index in [-0.39, 0.29) is 17.7 Å². The number of ether oxygens (including phenoxy) is 1. The second-order valence-electron chi connectivity index (χ2n) is 7.53. The molecule has 1 atom stereocenters. The molecule has 158 valence electrons. The number of ketones is 1. The molecule has 2 heterocycles. The van der Waals surface area contributed by atoms with Crippen LogP contribution in [0.1, 0.15) is 51.0 Å². The molecule has 0 N–H and O–H groups in total. The third-order valence-electron chi connectivity index (χ3n) is 5.61. The first-order valence-corrected chi connectivity index (χ1v) is 10.0. The van der Waals surface area contributed by atoms with Crippen LogP contribution in [0.3, 0.4) is 0 Å². The third kappa shape index (κ3) is 3.62. The second kappa shape index (κ2) is 8.17. The first-order valence-electron chi connectivity index (χ1n) is 10.0. The molecule has 1 aliphatic heterocycles. The van der Waals surface area contributed by atoms with Gasteiger partial charge in [0.25, 0.3) is 0 Å². The van der Waals surface area contributed by atoms with Crippen molar-refractivity contribution in [3.63, 3.8) is 0 Å². The fourth-order valence-electron chi connectivity index (χ4n) is 4.20. The monoisotopic (exact) mass is 412 g/mol. The van der Waals surface area contributed by atoms with Crippen molar-refractivity contribution in [2.45, 2.75) is 51.2 Å². The fourth-order valence-corrected chi connectivity index (χ4v) is 4.20. The Morgan fingerprint density at radius 3 is 2.43 bits per heavy atom. The standard InChI is InChI=1S/C21H24N4O5/c1-14(26)20-22-24(16-8-10-17(29-2)11-9-16)21(18-12-13-19(30-18)25(27)28)23(20)15-6-4-3-5-7-15/h8-13,15,21H,3-7H2,1-2H3. The highest BCUT2D eigenvalue weighted by atomic mass is 16.6. The van der Waals surface area contributed by atoms with Crippen molar-refractivity contribution in [1.82, 2.24) is 4.90 Å². The van der Waals surface area contributed by atoms with Gasteiger partial charge in [0.05, 0.1) is 18.9 Å². The van der Waals surface area contributed by atoms with Crippen LogP contribution in [0.2, 0.25) is 0 Å². The van der Waals surface area contributed by atoms with Crippen molar-refractivity contribution in [3.8, 4) is 5.75 Å². The van der Waals surface area contributed by atoms with Gasteiger partial charge in [-0.25, -0.2) is 5.01 Å². The summed E-state index contributed by atoms with van der Waals surface area (Å²) in [5.41, 5.74) is 0.733. The minimum absolute atomic E-state index is 0.110. The zero-order valence-corrected chi connectivity index (χ0v) is 17.0. The number of amidine groups is 1. The molecular formula is C21H24N4O5. The highest BCUT2D eigenvalue weighted by molar-refractivity contribution is 6.38. The highest BCUT2D eigenvalue weighted by Gasteiger charge is 2.44. The maximum atomic E-state index is 12.5. The summed E-state index contributed by atoms with van der Waals surface area (Å²) in [6.45, 7) is 1.49. The van der Waals surface area contributed by atoms with E-state index in [9.17, 15) is 14.9 Å². The number of rotatable bonds is 6. The lowest BCUT2D eigenvalue weighted by Crippen LogP contribution is -2.45. The molecule has 0 saturated heterocycles. The van der Waals surface area contributed by atoms with Gasteiger partial charge in [-0.1, -0.05) is 19.3 Å². The minimum Gasteiger partial charge on any atom is -0.497 e. The van der Waals surface area contributed by atoms with Gasteiger partial charge in [0, 0.05) is 13.0 Å². The summed E-state index contributed by atoms with van der Waals surface area (Å²) >= 11 is 0. The number of methoxy groups -OCH3 is 1. The van der Waals surface area contributed by atoms with Crippen LogP contribution in [0, 0.1) is 10.1 Å². The summed E-state index contributed by atoms with van der Waals surface area (Å²) < 4.78 is 10.8. The lowest BCUT2D eigenvalue weighted by atomic mass is 9.93. The number of hydrogen-bond donors (Lipinski definition) is 0. The van der Waals surface area contributed by atoms with Gasteiger partial charge < -0.3 is 14.1 Å². The van der Waals surface area contributed by atoms with Crippen LogP contribution in [0.5, 0.6) is 5.75 Å². The molecule has 4 rings (SSSR count). The molecule has 30 heavy (non-hydrogen) atoms. The molecule has 2 aliphatic rings. The Morgan fingerprint density at radius 1 is 1.17 bits per heavy atom. The van der Waals surface area contributed by atoms with Crippen molar-refractivity contribution in [1.29, 1.82) is 0 Å². The van der Waals surface area contributed by atoms with Crippen LogP contribution >= 0.6 is 0 Å².